The number of rotatable bonds is 7. The Morgan fingerprint density at radius 3 is 2.17 bits per heavy atom. The van der Waals surface area contributed by atoms with Gasteiger partial charge in [0.25, 0.3) is 0 Å². The molecule has 2 rings (SSSR count). The van der Waals surface area contributed by atoms with Crippen molar-refractivity contribution in [3.8, 4) is 0 Å². The van der Waals surface area contributed by atoms with E-state index in [1.807, 2.05) is 6.92 Å². The number of sulfonamides is 1. The number of benzene rings is 1. The monoisotopic (exact) mass is 453 g/mol. The van der Waals surface area contributed by atoms with Gasteiger partial charge in [0, 0.05) is 32.7 Å². The topological polar surface area (TPSA) is 107 Å². The van der Waals surface area contributed by atoms with Gasteiger partial charge in [0.15, 0.2) is 0 Å². The van der Waals surface area contributed by atoms with E-state index in [4.69, 9.17) is 9.90 Å². The van der Waals surface area contributed by atoms with Crippen molar-refractivity contribution >= 4 is 21.9 Å². The normalized spacial score (nSPS) is 14.8. The molecule has 1 aliphatic rings. The molecule has 1 aromatic rings. The van der Waals surface area contributed by atoms with E-state index in [0.717, 1.165) is 25.9 Å². The molecule has 1 fully saturated rings. The van der Waals surface area contributed by atoms with E-state index >= 15 is 0 Å². The van der Waals surface area contributed by atoms with E-state index < -0.39 is 22.2 Å². The Morgan fingerprint density at radius 1 is 1.17 bits per heavy atom. The molecule has 1 saturated heterocycles. The number of hydrogen-bond acceptors (Lipinski definition) is 5. The van der Waals surface area contributed by atoms with Crippen molar-refractivity contribution < 1.29 is 36.3 Å². The lowest BCUT2D eigenvalue weighted by atomic mass is 10.3. The van der Waals surface area contributed by atoms with Crippen LogP contribution in [0.15, 0.2) is 35.2 Å². The van der Waals surface area contributed by atoms with Crippen molar-refractivity contribution in [1.82, 2.24) is 14.5 Å². The number of piperazine rings is 1. The zero-order valence-electron chi connectivity index (χ0n) is 16.6. The highest BCUT2D eigenvalue weighted by Gasteiger charge is 2.38. The Bertz CT molecular complexity index is 782. The first-order chi connectivity index (χ1) is 14.0. The molecular weight excluding hydrogens is 427 g/mol. The van der Waals surface area contributed by atoms with E-state index in [2.05, 4.69) is 5.32 Å². The number of carboxylic acids is 1. The van der Waals surface area contributed by atoms with Crippen molar-refractivity contribution in [2.75, 3.05) is 39.3 Å². The fourth-order valence-corrected chi connectivity index (χ4v) is 3.97. The Morgan fingerprint density at radius 2 is 1.70 bits per heavy atom. The number of carboxylic acid groups (broad SMARTS) is 1. The quantitative estimate of drug-likeness (QED) is 0.649. The third-order valence-electron chi connectivity index (χ3n) is 4.17. The molecule has 0 aliphatic carbocycles. The van der Waals surface area contributed by atoms with Gasteiger partial charge in [-0.25, -0.2) is 13.2 Å². The molecule has 170 valence electrons. The van der Waals surface area contributed by atoms with Crippen LogP contribution in [0.4, 0.5) is 13.2 Å². The summed E-state index contributed by atoms with van der Waals surface area (Å²) in [5.41, 5.74) is 0. The third kappa shape index (κ3) is 8.28. The molecule has 1 aliphatic heterocycles. The van der Waals surface area contributed by atoms with E-state index in [0.29, 0.717) is 19.6 Å². The number of halogens is 3. The van der Waals surface area contributed by atoms with Crippen LogP contribution in [-0.4, -0.2) is 80.1 Å². The molecule has 0 unspecified atom stereocenters. The van der Waals surface area contributed by atoms with Crippen LogP contribution in [0.2, 0.25) is 0 Å². The predicted octanol–water partition coefficient (Wildman–Crippen LogP) is 1.54. The van der Waals surface area contributed by atoms with Gasteiger partial charge in [-0.2, -0.15) is 17.5 Å². The summed E-state index contributed by atoms with van der Waals surface area (Å²) in [4.78, 5) is 23.3. The van der Waals surface area contributed by atoms with Gasteiger partial charge in [0.2, 0.25) is 15.9 Å². The van der Waals surface area contributed by atoms with Gasteiger partial charge in [0.1, 0.15) is 0 Å². The zero-order chi connectivity index (χ0) is 22.8. The highest BCUT2D eigenvalue weighted by atomic mass is 32.2. The van der Waals surface area contributed by atoms with Crippen molar-refractivity contribution in [3.63, 3.8) is 0 Å². The van der Waals surface area contributed by atoms with Crippen molar-refractivity contribution in [2.45, 2.75) is 30.8 Å². The van der Waals surface area contributed by atoms with Gasteiger partial charge in [-0.15, -0.1) is 0 Å². The third-order valence-corrected chi connectivity index (χ3v) is 6.03. The average Bonchev–Trinajstić information content (AvgIpc) is 2.72. The molecule has 0 radical (unpaired) electrons. The molecule has 0 bridgehead atoms. The van der Waals surface area contributed by atoms with Gasteiger partial charge in [-0.1, -0.05) is 31.5 Å². The van der Waals surface area contributed by atoms with E-state index in [-0.39, 0.29) is 17.3 Å². The van der Waals surface area contributed by atoms with Crippen LogP contribution in [-0.2, 0) is 19.6 Å². The first-order valence-corrected chi connectivity index (χ1v) is 10.8. The second-order valence-corrected chi connectivity index (χ2v) is 8.38. The molecule has 12 heteroatoms. The first kappa shape index (κ1) is 25.9. The molecule has 1 amide bonds. The molecule has 0 saturated carbocycles. The molecule has 1 aromatic carbocycles. The molecule has 2 N–H and O–H groups in total. The number of hydrogen-bond donors (Lipinski definition) is 2. The summed E-state index contributed by atoms with van der Waals surface area (Å²) in [6, 6.07) is 8.32. The number of carbonyl (C=O) groups is 2. The minimum absolute atomic E-state index is 0.0861. The second-order valence-electron chi connectivity index (χ2n) is 6.44. The van der Waals surface area contributed by atoms with Crippen molar-refractivity contribution in [2.24, 2.45) is 0 Å². The van der Waals surface area contributed by atoms with Gasteiger partial charge in [-0.3, -0.25) is 4.79 Å². The second kappa shape index (κ2) is 11.9. The zero-order valence-corrected chi connectivity index (χ0v) is 17.4. The SMILES string of the molecule is CCCCN(CC(=O)N1CCNCC1)S(=O)(=O)c1ccccc1.O=C(O)C(F)(F)F. The van der Waals surface area contributed by atoms with Gasteiger partial charge >= 0.3 is 12.1 Å². The van der Waals surface area contributed by atoms with Gasteiger partial charge in [-0.05, 0) is 18.6 Å². The first-order valence-electron chi connectivity index (χ1n) is 9.34. The summed E-state index contributed by atoms with van der Waals surface area (Å²) in [5.74, 6) is -2.88. The van der Waals surface area contributed by atoms with Crippen LogP contribution in [0.3, 0.4) is 0 Å². The van der Waals surface area contributed by atoms with Crippen LogP contribution in [0.5, 0.6) is 0 Å². The smallest absolute Gasteiger partial charge is 0.475 e. The maximum atomic E-state index is 12.8. The average molecular weight is 453 g/mol. The number of aliphatic carboxylic acids is 1. The van der Waals surface area contributed by atoms with E-state index in [1.54, 1.807) is 35.2 Å². The molecule has 0 aromatic heterocycles. The molecule has 0 atom stereocenters. The fourth-order valence-electron chi connectivity index (χ4n) is 2.53. The molecule has 1 heterocycles. The molecule has 8 nitrogen and oxygen atoms in total. The lowest BCUT2D eigenvalue weighted by molar-refractivity contribution is -0.192. The number of unbranched alkanes of at least 4 members (excludes halogenated alkanes) is 1. The number of amides is 1. The Labute approximate surface area is 173 Å². The molecular formula is C18H26F3N3O5S. The maximum Gasteiger partial charge on any atom is 0.490 e. The largest absolute Gasteiger partial charge is 0.490 e. The van der Waals surface area contributed by atoms with Crippen LogP contribution < -0.4 is 5.32 Å². The van der Waals surface area contributed by atoms with Crippen LogP contribution in [0, 0.1) is 0 Å². The van der Waals surface area contributed by atoms with Gasteiger partial charge in [0.05, 0.1) is 11.4 Å². The summed E-state index contributed by atoms with van der Waals surface area (Å²) in [6.07, 6.45) is -3.47. The summed E-state index contributed by atoms with van der Waals surface area (Å²) in [5, 5.41) is 10.3. The van der Waals surface area contributed by atoms with Crippen molar-refractivity contribution in [3.05, 3.63) is 30.3 Å². The lowest BCUT2D eigenvalue weighted by Crippen LogP contribution is -2.50. The summed E-state index contributed by atoms with van der Waals surface area (Å²) >= 11 is 0. The number of alkyl halides is 3. The highest BCUT2D eigenvalue weighted by molar-refractivity contribution is 7.89. The van der Waals surface area contributed by atoms with Crippen molar-refractivity contribution in [1.29, 1.82) is 0 Å². The molecule has 0 spiro atoms. The Hall–Kier alpha value is -2.18. The minimum atomic E-state index is -5.08. The van der Waals surface area contributed by atoms with Crippen LogP contribution in [0.25, 0.3) is 0 Å². The van der Waals surface area contributed by atoms with Crippen LogP contribution in [0.1, 0.15) is 19.8 Å². The maximum absolute atomic E-state index is 12.8. The minimum Gasteiger partial charge on any atom is -0.475 e. The van der Waals surface area contributed by atoms with E-state index in [9.17, 15) is 26.4 Å². The predicted molar refractivity (Wildman–Crippen MR) is 103 cm³/mol. The summed E-state index contributed by atoms with van der Waals surface area (Å²) < 4.78 is 58.7. The van der Waals surface area contributed by atoms with E-state index in [1.165, 1.54) is 4.31 Å². The Kier molecular flexibility index (Phi) is 10.2. The Balaban J connectivity index is 0.000000553. The summed E-state index contributed by atoms with van der Waals surface area (Å²) in [7, 11) is -3.64. The fraction of sp³-hybridized carbons (Fsp3) is 0.556. The standard InChI is InChI=1S/C16H25N3O3S.C2HF3O2/c1-2-3-11-19(14-16(20)18-12-9-17-10-13-18)23(21,22)15-7-5-4-6-8-15;3-2(4,5)1(6)7/h4-8,17H,2-3,9-14H2,1H3;(H,6,7). The lowest BCUT2D eigenvalue weighted by Gasteiger charge is -2.30. The molecule has 30 heavy (non-hydrogen) atoms. The number of nitrogens with zero attached hydrogens (tertiary/aromatic N) is 2. The number of carbonyl (C=O) groups excluding carboxylic acids is 1. The van der Waals surface area contributed by atoms with Gasteiger partial charge < -0.3 is 15.3 Å². The highest BCUT2D eigenvalue weighted by Crippen LogP contribution is 2.16. The van der Waals surface area contributed by atoms with Crippen LogP contribution >= 0.6 is 0 Å². The number of nitrogens with one attached hydrogen (secondary N) is 1. The summed E-state index contributed by atoms with van der Waals surface area (Å²) in [6.45, 7) is 5.06.